The first-order valence-corrected chi connectivity index (χ1v) is 7.50. The number of ether oxygens (including phenoxy) is 4. The molecule has 2 aliphatic rings. The number of hydrogen-bond donors (Lipinski definition) is 0. The van der Waals surface area contributed by atoms with Crippen molar-refractivity contribution in [2.24, 2.45) is 4.99 Å². The largest absolute Gasteiger partial charge is 0.476 e. The maximum absolute atomic E-state index is 12.5. The molecular formula is C15H24N2O6. The van der Waals surface area contributed by atoms with Crippen molar-refractivity contribution < 1.29 is 28.5 Å². The maximum Gasteiger partial charge on any atom is 0.413 e. The van der Waals surface area contributed by atoms with Gasteiger partial charge in [0.05, 0.1) is 13.7 Å². The first kappa shape index (κ1) is 17.5. The van der Waals surface area contributed by atoms with Crippen molar-refractivity contribution in [1.29, 1.82) is 0 Å². The van der Waals surface area contributed by atoms with E-state index in [9.17, 15) is 9.59 Å². The molecule has 0 bridgehead atoms. The predicted octanol–water partition coefficient (Wildman–Crippen LogP) is 1.33. The number of rotatable bonds is 2. The molecule has 0 aromatic heterocycles. The average Bonchev–Trinajstić information content (AvgIpc) is 2.99. The molecule has 2 aliphatic heterocycles. The van der Waals surface area contributed by atoms with E-state index in [-0.39, 0.29) is 19.1 Å². The van der Waals surface area contributed by atoms with Crippen LogP contribution in [-0.2, 0) is 23.7 Å². The van der Waals surface area contributed by atoms with E-state index in [0.717, 1.165) is 0 Å². The van der Waals surface area contributed by atoms with E-state index in [2.05, 4.69) is 9.73 Å². The quantitative estimate of drug-likeness (QED) is 0.711. The lowest BCUT2D eigenvalue weighted by molar-refractivity contribution is -0.142. The van der Waals surface area contributed by atoms with Crippen LogP contribution in [0.25, 0.3) is 0 Å². The third-order valence-corrected chi connectivity index (χ3v) is 3.51. The number of methoxy groups -OCH3 is 1. The number of nitrogens with zero attached hydrogens (tertiary/aromatic N) is 2. The van der Waals surface area contributed by atoms with Crippen LogP contribution in [-0.4, -0.2) is 66.6 Å². The van der Waals surface area contributed by atoms with Crippen LogP contribution < -0.4 is 0 Å². The number of carbonyl (C=O) groups is 2. The van der Waals surface area contributed by atoms with Crippen molar-refractivity contribution in [2.75, 3.05) is 20.3 Å². The molecule has 0 spiro atoms. The van der Waals surface area contributed by atoms with E-state index >= 15 is 0 Å². The Balaban J connectivity index is 2.21. The third-order valence-electron chi connectivity index (χ3n) is 3.51. The highest BCUT2D eigenvalue weighted by atomic mass is 16.6. The normalized spacial score (nSPS) is 26.5. The van der Waals surface area contributed by atoms with Crippen molar-refractivity contribution in [1.82, 2.24) is 4.90 Å². The van der Waals surface area contributed by atoms with E-state index in [1.54, 1.807) is 34.6 Å². The first-order valence-electron chi connectivity index (χ1n) is 7.50. The van der Waals surface area contributed by atoms with Crippen LogP contribution in [0.15, 0.2) is 4.99 Å². The van der Waals surface area contributed by atoms with Gasteiger partial charge < -0.3 is 18.9 Å². The molecule has 0 aliphatic carbocycles. The smallest absolute Gasteiger partial charge is 0.413 e. The maximum atomic E-state index is 12.5. The van der Waals surface area contributed by atoms with Gasteiger partial charge >= 0.3 is 12.1 Å². The van der Waals surface area contributed by atoms with Gasteiger partial charge in [-0.3, -0.25) is 4.90 Å². The first-order chi connectivity index (χ1) is 10.5. The zero-order valence-corrected chi connectivity index (χ0v) is 14.4. The van der Waals surface area contributed by atoms with Crippen LogP contribution in [0, 0.1) is 0 Å². The van der Waals surface area contributed by atoms with Gasteiger partial charge in [0.2, 0.25) is 5.90 Å². The van der Waals surface area contributed by atoms with Crippen LogP contribution in [0.1, 0.15) is 34.6 Å². The Hall–Kier alpha value is -1.83. The van der Waals surface area contributed by atoms with E-state index in [0.29, 0.717) is 0 Å². The van der Waals surface area contributed by atoms with E-state index in [4.69, 9.17) is 14.2 Å². The molecule has 8 nitrogen and oxygen atoms in total. The number of amides is 1. The van der Waals surface area contributed by atoms with Crippen LogP contribution in [0.2, 0.25) is 0 Å². The van der Waals surface area contributed by atoms with Crippen molar-refractivity contribution in [2.45, 2.75) is 58.0 Å². The summed E-state index contributed by atoms with van der Waals surface area (Å²) in [5.74, 6) is -0.182. The van der Waals surface area contributed by atoms with Gasteiger partial charge in [0.25, 0.3) is 0 Å². The lowest BCUT2D eigenvalue weighted by Gasteiger charge is -2.34. The van der Waals surface area contributed by atoms with Crippen molar-refractivity contribution in [3.63, 3.8) is 0 Å². The summed E-state index contributed by atoms with van der Waals surface area (Å²) in [5.41, 5.74) is -1.49. The molecule has 0 N–H and O–H groups in total. The summed E-state index contributed by atoms with van der Waals surface area (Å²) >= 11 is 0. The molecule has 2 rings (SSSR count). The molecule has 2 heterocycles. The second-order valence-electron chi connectivity index (χ2n) is 6.94. The Kier molecular flexibility index (Phi) is 4.57. The minimum absolute atomic E-state index is 0.0983. The van der Waals surface area contributed by atoms with Crippen molar-refractivity contribution >= 4 is 18.0 Å². The Morgan fingerprint density at radius 3 is 2.52 bits per heavy atom. The molecule has 23 heavy (non-hydrogen) atoms. The minimum Gasteiger partial charge on any atom is -0.476 e. The lowest BCUT2D eigenvalue weighted by atomic mass is 10.2. The summed E-state index contributed by atoms with van der Waals surface area (Å²) in [7, 11) is 1.30. The fourth-order valence-corrected chi connectivity index (χ4v) is 2.47. The van der Waals surface area contributed by atoms with Gasteiger partial charge in [-0.05, 0) is 34.6 Å². The van der Waals surface area contributed by atoms with Gasteiger partial charge in [-0.15, -0.1) is 0 Å². The Morgan fingerprint density at radius 2 is 1.96 bits per heavy atom. The standard InChI is InChI=1S/C15H24N2O6/c1-14(2,3)23-13(19)17-10(8-22-15(17,4)5)11-16-9(7-21-11)12(18)20-6/h9-10H,7-8H2,1-6H3. The highest BCUT2D eigenvalue weighted by molar-refractivity contribution is 5.91. The summed E-state index contributed by atoms with van der Waals surface area (Å²) in [5, 5.41) is 0. The number of carbonyl (C=O) groups excluding carboxylic acids is 2. The summed E-state index contributed by atoms with van der Waals surface area (Å²) in [6.07, 6.45) is -0.516. The minimum atomic E-state index is -0.859. The molecule has 1 saturated heterocycles. The van der Waals surface area contributed by atoms with Crippen LogP contribution in [0.3, 0.4) is 0 Å². The monoisotopic (exact) mass is 328 g/mol. The topological polar surface area (TPSA) is 86.7 Å². The SMILES string of the molecule is COC(=O)C1COC(C2COC(C)(C)N2C(=O)OC(C)(C)C)=N1. The van der Waals surface area contributed by atoms with E-state index in [1.165, 1.54) is 12.0 Å². The zero-order valence-electron chi connectivity index (χ0n) is 14.4. The summed E-state index contributed by atoms with van der Waals surface area (Å²) in [6, 6.07) is -1.24. The lowest BCUT2D eigenvalue weighted by Crippen LogP contribution is -2.52. The number of esters is 1. The molecule has 0 saturated carbocycles. The molecule has 8 heteroatoms. The molecule has 0 aromatic carbocycles. The molecule has 1 fully saturated rings. The summed E-state index contributed by atoms with van der Waals surface area (Å²) < 4.78 is 21.3. The number of aliphatic imine (C=N–C) groups is 1. The molecule has 2 atom stereocenters. The Labute approximate surface area is 135 Å². The van der Waals surface area contributed by atoms with Crippen molar-refractivity contribution in [3.05, 3.63) is 0 Å². The van der Waals surface area contributed by atoms with Crippen molar-refractivity contribution in [3.8, 4) is 0 Å². The predicted molar refractivity (Wildman–Crippen MR) is 81.1 cm³/mol. The highest BCUT2D eigenvalue weighted by Gasteiger charge is 2.50. The van der Waals surface area contributed by atoms with Gasteiger partial charge in [-0.1, -0.05) is 0 Å². The zero-order chi connectivity index (χ0) is 17.4. The van der Waals surface area contributed by atoms with Gasteiger partial charge in [0.15, 0.2) is 6.04 Å². The molecule has 1 amide bonds. The van der Waals surface area contributed by atoms with Crippen LogP contribution >= 0.6 is 0 Å². The molecular weight excluding hydrogens is 304 g/mol. The van der Waals surface area contributed by atoms with Crippen LogP contribution in [0.5, 0.6) is 0 Å². The Bertz CT molecular complexity index is 523. The van der Waals surface area contributed by atoms with Gasteiger partial charge in [0, 0.05) is 0 Å². The summed E-state index contributed by atoms with van der Waals surface area (Å²) in [6.45, 7) is 9.23. The fourth-order valence-electron chi connectivity index (χ4n) is 2.47. The third kappa shape index (κ3) is 3.74. The highest BCUT2D eigenvalue weighted by Crippen LogP contribution is 2.31. The second-order valence-corrected chi connectivity index (χ2v) is 6.94. The van der Waals surface area contributed by atoms with E-state index in [1.807, 2.05) is 0 Å². The van der Waals surface area contributed by atoms with E-state index < -0.39 is 35.5 Å². The molecule has 0 aromatic rings. The summed E-state index contributed by atoms with van der Waals surface area (Å²) in [4.78, 5) is 29.8. The second kappa shape index (κ2) is 5.99. The van der Waals surface area contributed by atoms with Gasteiger partial charge in [-0.2, -0.15) is 0 Å². The molecule has 130 valence electrons. The van der Waals surface area contributed by atoms with Gasteiger partial charge in [-0.25, -0.2) is 14.6 Å². The van der Waals surface area contributed by atoms with Gasteiger partial charge in [0.1, 0.15) is 24.0 Å². The van der Waals surface area contributed by atoms with Crippen LogP contribution in [0.4, 0.5) is 4.79 Å². The fraction of sp³-hybridized carbons (Fsp3) is 0.800. The molecule has 2 unspecified atom stereocenters. The average molecular weight is 328 g/mol. The number of hydrogen-bond acceptors (Lipinski definition) is 7. The molecule has 0 radical (unpaired) electrons. The Morgan fingerprint density at radius 1 is 1.30 bits per heavy atom.